The number of nitrogens with zero attached hydrogens (tertiary/aromatic N) is 1. The van der Waals surface area contributed by atoms with E-state index in [-0.39, 0.29) is 24.2 Å². The molecule has 1 aromatic heterocycles. The van der Waals surface area contributed by atoms with Crippen LogP contribution < -0.4 is 24.3 Å². The van der Waals surface area contributed by atoms with Crippen molar-refractivity contribution < 1.29 is 28.5 Å². The van der Waals surface area contributed by atoms with E-state index in [1.165, 1.54) is 0 Å². The van der Waals surface area contributed by atoms with Gasteiger partial charge in [-0.15, -0.1) is 0 Å². The van der Waals surface area contributed by atoms with E-state index in [0.717, 1.165) is 16.9 Å². The number of para-hydroxylation sites is 2. The van der Waals surface area contributed by atoms with Gasteiger partial charge in [0.2, 0.25) is 6.10 Å². The zero-order valence-corrected chi connectivity index (χ0v) is 20.4. The van der Waals surface area contributed by atoms with Gasteiger partial charge in [0, 0.05) is 41.5 Å². The van der Waals surface area contributed by atoms with Crippen LogP contribution in [0, 0.1) is 0 Å². The number of carbonyl (C=O) groups excluding carboxylic acids is 2. The van der Waals surface area contributed by atoms with Gasteiger partial charge in [0.1, 0.15) is 19.8 Å². The molecule has 0 spiro atoms. The third-order valence-electron chi connectivity index (χ3n) is 7.13. The Hall–Kier alpha value is -4.72. The summed E-state index contributed by atoms with van der Waals surface area (Å²) in [6, 6.07) is 22.6. The Bertz CT molecular complexity index is 1560. The van der Waals surface area contributed by atoms with Crippen molar-refractivity contribution in [3.8, 4) is 28.7 Å². The molecule has 1 amide bonds. The molecule has 0 bridgehead atoms. The number of benzene rings is 3. The van der Waals surface area contributed by atoms with E-state index in [4.69, 9.17) is 18.9 Å². The van der Waals surface area contributed by atoms with E-state index in [0.29, 0.717) is 53.9 Å². The van der Waals surface area contributed by atoms with Crippen LogP contribution >= 0.6 is 0 Å². The summed E-state index contributed by atoms with van der Waals surface area (Å²) in [6.45, 7) is 1.09. The first-order valence-corrected chi connectivity index (χ1v) is 12.6. The Morgan fingerprint density at radius 2 is 1.61 bits per heavy atom. The summed E-state index contributed by atoms with van der Waals surface area (Å²) >= 11 is 0. The largest absolute Gasteiger partial charge is 0.486 e. The number of anilines is 1. The highest BCUT2D eigenvalue weighted by atomic mass is 16.6. The van der Waals surface area contributed by atoms with E-state index in [2.05, 4.69) is 9.88 Å². The van der Waals surface area contributed by atoms with E-state index in [9.17, 15) is 9.59 Å². The van der Waals surface area contributed by atoms with Crippen molar-refractivity contribution in [2.45, 2.75) is 18.4 Å². The molecule has 0 saturated heterocycles. The van der Waals surface area contributed by atoms with Crippen molar-refractivity contribution in [1.82, 2.24) is 4.57 Å². The second kappa shape index (κ2) is 8.99. The van der Waals surface area contributed by atoms with Crippen LogP contribution in [0.1, 0.15) is 34.0 Å². The topological polar surface area (TPSA) is 88.0 Å². The lowest BCUT2D eigenvalue weighted by Gasteiger charge is -2.25. The number of rotatable bonds is 3. The molecule has 38 heavy (non-hydrogen) atoms. The maximum atomic E-state index is 13.4. The maximum absolute atomic E-state index is 13.4. The first kappa shape index (κ1) is 22.5. The summed E-state index contributed by atoms with van der Waals surface area (Å²) in [5.74, 6) is 2.04. The Balaban J connectivity index is 1.13. The number of amides is 1. The molecule has 0 aliphatic carbocycles. The van der Waals surface area contributed by atoms with Gasteiger partial charge < -0.3 is 28.8 Å². The number of ketones is 1. The lowest BCUT2D eigenvalue weighted by Crippen LogP contribution is -2.40. The van der Waals surface area contributed by atoms with Crippen LogP contribution in [0.4, 0.5) is 5.69 Å². The average Bonchev–Trinajstić information content (AvgIpc) is 3.41. The summed E-state index contributed by atoms with van der Waals surface area (Å²) in [6.07, 6.45) is 1.54. The minimum absolute atomic E-state index is 0.0396. The third kappa shape index (κ3) is 3.85. The van der Waals surface area contributed by atoms with Crippen LogP contribution in [-0.2, 0) is 4.79 Å². The second-order valence-electron chi connectivity index (χ2n) is 9.47. The number of hydrogen-bond donors (Lipinski definition) is 1. The molecule has 8 nitrogen and oxygen atoms in total. The minimum atomic E-state index is -0.746. The molecule has 4 aromatic rings. The molecule has 4 heterocycles. The molecule has 8 heteroatoms. The fourth-order valence-electron chi connectivity index (χ4n) is 5.26. The van der Waals surface area contributed by atoms with Crippen LogP contribution in [-0.4, -0.2) is 42.2 Å². The quantitative estimate of drug-likeness (QED) is 0.430. The molecule has 190 valence electrons. The van der Waals surface area contributed by atoms with Crippen LogP contribution in [0.15, 0.2) is 79.0 Å². The first-order valence-electron chi connectivity index (χ1n) is 12.6. The lowest BCUT2D eigenvalue weighted by molar-refractivity contribution is -0.125. The van der Waals surface area contributed by atoms with E-state index < -0.39 is 6.10 Å². The molecule has 3 aliphatic heterocycles. The van der Waals surface area contributed by atoms with Gasteiger partial charge in [0.25, 0.3) is 5.91 Å². The van der Waals surface area contributed by atoms with Crippen molar-refractivity contribution in [1.29, 1.82) is 0 Å². The van der Waals surface area contributed by atoms with Gasteiger partial charge in [-0.2, -0.15) is 0 Å². The van der Waals surface area contributed by atoms with Gasteiger partial charge in [-0.3, -0.25) is 9.59 Å². The van der Waals surface area contributed by atoms with Gasteiger partial charge in [0.15, 0.2) is 28.8 Å². The Kier molecular flexibility index (Phi) is 5.32. The molecule has 0 saturated carbocycles. The highest BCUT2D eigenvalue weighted by molar-refractivity contribution is 6.01. The van der Waals surface area contributed by atoms with E-state index in [1.807, 2.05) is 66.9 Å². The Morgan fingerprint density at radius 3 is 2.42 bits per heavy atom. The summed E-state index contributed by atoms with van der Waals surface area (Å²) in [4.78, 5) is 26.3. The van der Waals surface area contributed by atoms with Crippen molar-refractivity contribution >= 4 is 17.4 Å². The monoisotopic (exact) mass is 508 g/mol. The maximum Gasteiger partial charge on any atom is 0.269 e. The number of nitrogens with one attached hydrogen (secondary N) is 1. The SMILES string of the molecule is O=C1C[C@H](c2ccc(NC(=O)[C@@H]3COc4ccccc4O3)cc2)c2cccn2-c2cc3c(cc21)OCCO3. The van der Waals surface area contributed by atoms with Gasteiger partial charge in [0.05, 0.1) is 5.69 Å². The third-order valence-corrected chi connectivity index (χ3v) is 7.13. The standard InChI is InChI=1S/C30H24N2O6/c33-24-14-20(22-4-3-11-32(22)23-16-28-27(15-21(23)24)35-12-13-36-28)18-7-9-19(10-8-18)31-30(34)29-17-37-25-5-1-2-6-26(25)38-29/h1-11,15-16,20,29H,12-14,17H2,(H,31,34)/t20-,29+/m1/s1. The smallest absolute Gasteiger partial charge is 0.269 e. The molecule has 3 aliphatic rings. The molecule has 0 radical (unpaired) electrons. The zero-order valence-electron chi connectivity index (χ0n) is 20.4. The number of hydrogen-bond acceptors (Lipinski definition) is 6. The Labute approximate surface area is 218 Å². The molecule has 3 aromatic carbocycles. The molecule has 2 atom stereocenters. The number of carbonyl (C=O) groups is 2. The van der Waals surface area contributed by atoms with Crippen molar-refractivity contribution in [3.05, 3.63) is 95.8 Å². The van der Waals surface area contributed by atoms with Crippen molar-refractivity contribution in [3.63, 3.8) is 0 Å². The summed E-state index contributed by atoms with van der Waals surface area (Å²) in [5, 5.41) is 2.91. The fraction of sp³-hybridized carbons (Fsp3) is 0.200. The summed E-state index contributed by atoms with van der Waals surface area (Å²) in [7, 11) is 0. The number of fused-ring (bicyclic) bond motifs is 5. The summed E-state index contributed by atoms with van der Waals surface area (Å²) < 4.78 is 25.0. The second-order valence-corrected chi connectivity index (χ2v) is 9.47. The number of ether oxygens (including phenoxy) is 4. The Morgan fingerprint density at radius 1 is 0.842 bits per heavy atom. The summed E-state index contributed by atoms with van der Waals surface area (Å²) in [5.41, 5.74) is 4.04. The highest BCUT2D eigenvalue weighted by Crippen LogP contribution is 2.41. The molecular formula is C30H24N2O6. The van der Waals surface area contributed by atoms with Crippen LogP contribution in [0.2, 0.25) is 0 Å². The predicted octanol–water partition coefficient (Wildman–Crippen LogP) is 4.75. The normalized spacial score (nSPS) is 19.1. The van der Waals surface area contributed by atoms with Gasteiger partial charge >= 0.3 is 0 Å². The molecule has 0 unspecified atom stereocenters. The van der Waals surface area contributed by atoms with Gasteiger partial charge in [-0.05, 0) is 48.0 Å². The molecular weight excluding hydrogens is 484 g/mol. The molecule has 7 rings (SSSR count). The predicted molar refractivity (Wildman–Crippen MR) is 139 cm³/mol. The number of Topliss-reactive ketones (excluding diaryl/α,β-unsaturated/α-hetero) is 1. The molecule has 1 N–H and O–H groups in total. The van der Waals surface area contributed by atoms with E-state index >= 15 is 0 Å². The number of aromatic nitrogens is 1. The van der Waals surface area contributed by atoms with Crippen molar-refractivity contribution in [2.75, 3.05) is 25.1 Å². The highest BCUT2D eigenvalue weighted by Gasteiger charge is 2.31. The fourth-order valence-corrected chi connectivity index (χ4v) is 5.26. The zero-order chi connectivity index (χ0) is 25.6. The molecule has 0 fully saturated rings. The average molecular weight is 509 g/mol. The van der Waals surface area contributed by atoms with Crippen molar-refractivity contribution in [2.24, 2.45) is 0 Å². The minimum Gasteiger partial charge on any atom is -0.486 e. The van der Waals surface area contributed by atoms with Gasteiger partial charge in [-0.1, -0.05) is 24.3 Å². The van der Waals surface area contributed by atoms with Crippen LogP contribution in [0.5, 0.6) is 23.0 Å². The lowest BCUT2D eigenvalue weighted by atomic mass is 9.90. The van der Waals surface area contributed by atoms with E-state index in [1.54, 1.807) is 12.1 Å². The van der Waals surface area contributed by atoms with Crippen LogP contribution in [0.25, 0.3) is 5.69 Å². The van der Waals surface area contributed by atoms with Crippen LogP contribution in [0.3, 0.4) is 0 Å². The van der Waals surface area contributed by atoms with Gasteiger partial charge in [-0.25, -0.2) is 0 Å². The first-order chi connectivity index (χ1) is 18.6.